The number of Topliss-reactive ketones (excluding diaryl/α,β-unsaturated/α-hetero) is 1. The van der Waals surface area contributed by atoms with Crippen molar-refractivity contribution in [3.63, 3.8) is 0 Å². The van der Waals surface area contributed by atoms with Gasteiger partial charge in [0, 0.05) is 23.4 Å². The highest BCUT2D eigenvalue weighted by Crippen LogP contribution is 2.31. The molecule has 2 aromatic rings. The minimum Gasteiger partial charge on any atom is -0.496 e. The molecule has 0 fully saturated rings. The van der Waals surface area contributed by atoms with E-state index in [4.69, 9.17) is 16.3 Å². The van der Waals surface area contributed by atoms with E-state index in [2.05, 4.69) is 0 Å². The minimum atomic E-state index is 0.116. The lowest BCUT2D eigenvalue weighted by Crippen LogP contribution is -2.00. The molecule has 0 saturated carbocycles. The van der Waals surface area contributed by atoms with Crippen LogP contribution in [-0.2, 0) is 0 Å². The summed E-state index contributed by atoms with van der Waals surface area (Å²) < 4.78 is 5.38. The Morgan fingerprint density at radius 3 is 2.55 bits per heavy atom. The summed E-state index contributed by atoms with van der Waals surface area (Å²) in [6.07, 6.45) is 1.18. The van der Waals surface area contributed by atoms with Gasteiger partial charge in [0.25, 0.3) is 0 Å². The molecule has 0 spiro atoms. The van der Waals surface area contributed by atoms with Crippen molar-refractivity contribution in [2.75, 3.05) is 13.0 Å². The quantitative estimate of drug-likeness (QED) is 0.575. The lowest BCUT2D eigenvalue weighted by Gasteiger charge is -2.10. The summed E-state index contributed by atoms with van der Waals surface area (Å²) in [4.78, 5) is 12.1. The lowest BCUT2D eigenvalue weighted by atomic mass is 9.99. The first kappa shape index (κ1) is 14.6. The molecular formula is C17H17ClO2. The number of carbonyl (C=O) groups excluding carboxylic acids is 1. The number of rotatable bonds is 6. The third-order valence-electron chi connectivity index (χ3n) is 3.14. The van der Waals surface area contributed by atoms with Crippen LogP contribution in [0.3, 0.4) is 0 Å². The van der Waals surface area contributed by atoms with Crippen LogP contribution >= 0.6 is 11.6 Å². The number of hydrogen-bond acceptors (Lipinski definition) is 2. The maximum atomic E-state index is 12.1. The van der Waals surface area contributed by atoms with Crippen LogP contribution in [-0.4, -0.2) is 18.8 Å². The van der Waals surface area contributed by atoms with Crippen LogP contribution in [0.2, 0.25) is 0 Å². The van der Waals surface area contributed by atoms with Crippen LogP contribution in [0, 0.1) is 0 Å². The maximum absolute atomic E-state index is 12.1. The number of carbonyl (C=O) groups is 1. The number of ether oxygens (including phenoxy) is 1. The molecule has 0 amide bonds. The number of halogens is 1. The zero-order valence-corrected chi connectivity index (χ0v) is 12.2. The first-order valence-corrected chi connectivity index (χ1v) is 7.12. The van der Waals surface area contributed by atoms with E-state index in [0.29, 0.717) is 24.3 Å². The van der Waals surface area contributed by atoms with Gasteiger partial charge >= 0.3 is 0 Å². The molecule has 20 heavy (non-hydrogen) atoms. The number of alkyl halides is 1. The zero-order valence-electron chi connectivity index (χ0n) is 11.4. The summed E-state index contributed by atoms with van der Waals surface area (Å²) in [6.45, 7) is 0. The zero-order chi connectivity index (χ0) is 14.4. The molecule has 104 valence electrons. The molecule has 2 nitrogen and oxygen atoms in total. The molecule has 3 heteroatoms. The molecule has 0 saturated heterocycles. The van der Waals surface area contributed by atoms with Crippen molar-refractivity contribution in [2.45, 2.75) is 12.8 Å². The predicted octanol–water partition coefficient (Wildman–Crippen LogP) is 4.56. The van der Waals surface area contributed by atoms with Gasteiger partial charge in [-0.05, 0) is 30.2 Å². The Hall–Kier alpha value is -1.80. The number of benzene rings is 2. The van der Waals surface area contributed by atoms with E-state index in [0.717, 1.165) is 16.9 Å². The highest BCUT2D eigenvalue weighted by Gasteiger charge is 2.11. The molecule has 0 N–H and O–H groups in total. The molecule has 0 radical (unpaired) electrons. The van der Waals surface area contributed by atoms with Gasteiger partial charge in [-0.2, -0.15) is 0 Å². The summed E-state index contributed by atoms with van der Waals surface area (Å²) in [5.41, 5.74) is 2.68. The molecule has 0 aliphatic rings. The normalized spacial score (nSPS) is 10.3. The highest BCUT2D eigenvalue weighted by molar-refractivity contribution is 6.18. The SMILES string of the molecule is COc1ccc(C(=O)CCCCl)cc1-c1ccccc1. The van der Waals surface area contributed by atoms with Gasteiger partial charge in [-0.25, -0.2) is 0 Å². The second kappa shape index (κ2) is 7.11. The van der Waals surface area contributed by atoms with Gasteiger partial charge in [0.05, 0.1) is 7.11 Å². The summed E-state index contributed by atoms with van der Waals surface area (Å²) in [5.74, 6) is 1.39. The van der Waals surface area contributed by atoms with Crippen LogP contribution < -0.4 is 4.74 Å². The Balaban J connectivity index is 2.37. The second-order valence-electron chi connectivity index (χ2n) is 4.50. The van der Waals surface area contributed by atoms with Crippen molar-refractivity contribution in [3.8, 4) is 16.9 Å². The van der Waals surface area contributed by atoms with Crippen molar-refractivity contribution in [1.82, 2.24) is 0 Å². The van der Waals surface area contributed by atoms with Gasteiger partial charge in [-0.1, -0.05) is 30.3 Å². The molecule has 0 bridgehead atoms. The summed E-state index contributed by atoms with van der Waals surface area (Å²) in [7, 11) is 1.64. The fourth-order valence-corrected chi connectivity index (χ4v) is 2.23. The number of ketones is 1. The van der Waals surface area contributed by atoms with Crippen LogP contribution in [0.5, 0.6) is 5.75 Å². The van der Waals surface area contributed by atoms with E-state index in [9.17, 15) is 4.79 Å². The second-order valence-corrected chi connectivity index (χ2v) is 4.87. The Labute approximate surface area is 124 Å². The standard InChI is InChI=1S/C17H17ClO2/c1-20-17-10-9-14(16(19)8-5-11-18)12-15(17)13-6-3-2-4-7-13/h2-4,6-7,9-10,12H,5,8,11H2,1H3. The average molecular weight is 289 g/mol. The molecule has 0 heterocycles. The molecule has 0 atom stereocenters. The van der Waals surface area contributed by atoms with E-state index in [1.165, 1.54) is 0 Å². The molecule has 0 unspecified atom stereocenters. The van der Waals surface area contributed by atoms with E-state index in [1.807, 2.05) is 48.5 Å². The summed E-state index contributed by atoms with van der Waals surface area (Å²) in [6, 6.07) is 15.5. The first-order valence-electron chi connectivity index (χ1n) is 6.59. The molecular weight excluding hydrogens is 272 g/mol. The van der Waals surface area contributed by atoms with Crippen LogP contribution in [0.25, 0.3) is 11.1 Å². The van der Waals surface area contributed by atoms with Crippen LogP contribution in [0.4, 0.5) is 0 Å². The van der Waals surface area contributed by atoms with Gasteiger partial charge in [0.1, 0.15) is 5.75 Å². The average Bonchev–Trinajstić information content (AvgIpc) is 2.52. The number of hydrogen-bond donors (Lipinski definition) is 0. The van der Waals surface area contributed by atoms with E-state index >= 15 is 0 Å². The topological polar surface area (TPSA) is 26.3 Å². The van der Waals surface area contributed by atoms with Crippen molar-refractivity contribution >= 4 is 17.4 Å². The highest BCUT2D eigenvalue weighted by atomic mass is 35.5. The lowest BCUT2D eigenvalue weighted by molar-refractivity contribution is 0.0982. The first-order chi connectivity index (χ1) is 9.76. The maximum Gasteiger partial charge on any atom is 0.162 e. The third-order valence-corrected chi connectivity index (χ3v) is 3.41. The smallest absolute Gasteiger partial charge is 0.162 e. The Kier molecular flexibility index (Phi) is 5.19. The molecule has 0 aliphatic carbocycles. The number of methoxy groups -OCH3 is 1. The Morgan fingerprint density at radius 2 is 1.90 bits per heavy atom. The molecule has 0 aliphatic heterocycles. The van der Waals surface area contributed by atoms with Gasteiger partial charge in [-0.3, -0.25) is 4.79 Å². The summed E-state index contributed by atoms with van der Waals surface area (Å²) >= 11 is 5.64. The van der Waals surface area contributed by atoms with Crippen LogP contribution in [0.1, 0.15) is 23.2 Å². The monoisotopic (exact) mass is 288 g/mol. The summed E-state index contributed by atoms with van der Waals surface area (Å²) in [5, 5.41) is 0. The molecule has 0 aromatic heterocycles. The van der Waals surface area contributed by atoms with Gasteiger partial charge in [0.2, 0.25) is 0 Å². The Morgan fingerprint density at radius 1 is 1.15 bits per heavy atom. The largest absolute Gasteiger partial charge is 0.496 e. The van der Waals surface area contributed by atoms with Gasteiger partial charge in [0.15, 0.2) is 5.78 Å². The van der Waals surface area contributed by atoms with Gasteiger partial charge < -0.3 is 4.74 Å². The fourth-order valence-electron chi connectivity index (χ4n) is 2.10. The van der Waals surface area contributed by atoms with E-state index < -0.39 is 0 Å². The minimum absolute atomic E-state index is 0.116. The molecule has 2 aromatic carbocycles. The predicted molar refractivity (Wildman–Crippen MR) is 82.7 cm³/mol. The van der Waals surface area contributed by atoms with Crippen molar-refractivity contribution in [3.05, 3.63) is 54.1 Å². The van der Waals surface area contributed by atoms with Crippen LogP contribution in [0.15, 0.2) is 48.5 Å². The fraction of sp³-hybridized carbons (Fsp3) is 0.235. The molecule has 2 rings (SSSR count). The van der Waals surface area contributed by atoms with Crippen molar-refractivity contribution in [1.29, 1.82) is 0 Å². The van der Waals surface area contributed by atoms with Crippen molar-refractivity contribution in [2.24, 2.45) is 0 Å². The van der Waals surface area contributed by atoms with Gasteiger partial charge in [-0.15, -0.1) is 11.6 Å². The van der Waals surface area contributed by atoms with E-state index in [1.54, 1.807) is 7.11 Å². The van der Waals surface area contributed by atoms with E-state index in [-0.39, 0.29) is 5.78 Å². The third kappa shape index (κ3) is 3.40. The Bertz CT molecular complexity index is 579. The van der Waals surface area contributed by atoms with Crippen molar-refractivity contribution < 1.29 is 9.53 Å².